The summed E-state index contributed by atoms with van der Waals surface area (Å²) in [6.45, 7) is 3.76. The van der Waals surface area contributed by atoms with E-state index in [4.69, 9.17) is 9.47 Å². The molecular weight excluding hydrogens is 272 g/mol. The molecule has 0 aliphatic carbocycles. The SMILES string of the molecule is O=C(c1cn(C2CNC2)nn1)C1CCOC2(CCOC2)C1. The molecule has 2 unspecified atom stereocenters. The van der Waals surface area contributed by atoms with Crippen LogP contribution in [0.2, 0.25) is 0 Å². The van der Waals surface area contributed by atoms with Crippen LogP contribution in [0.25, 0.3) is 0 Å². The third kappa shape index (κ3) is 2.39. The molecule has 0 amide bonds. The molecule has 3 fully saturated rings. The van der Waals surface area contributed by atoms with Crippen LogP contribution in [0.4, 0.5) is 0 Å². The van der Waals surface area contributed by atoms with Crippen LogP contribution in [0.3, 0.4) is 0 Å². The molecule has 3 aliphatic heterocycles. The first-order chi connectivity index (χ1) is 10.3. The molecular formula is C14H20N4O3. The van der Waals surface area contributed by atoms with E-state index in [1.54, 1.807) is 10.9 Å². The summed E-state index contributed by atoms with van der Waals surface area (Å²) in [5, 5.41) is 11.4. The number of nitrogens with zero attached hydrogens (tertiary/aromatic N) is 3. The summed E-state index contributed by atoms with van der Waals surface area (Å²) in [6.07, 6.45) is 4.18. The fourth-order valence-electron chi connectivity index (χ4n) is 3.35. The topological polar surface area (TPSA) is 78.3 Å². The molecule has 3 aliphatic rings. The highest BCUT2D eigenvalue weighted by Crippen LogP contribution is 2.36. The molecule has 3 saturated heterocycles. The van der Waals surface area contributed by atoms with Crippen molar-refractivity contribution in [3.8, 4) is 0 Å². The van der Waals surface area contributed by atoms with Crippen LogP contribution in [0.15, 0.2) is 6.20 Å². The maximum absolute atomic E-state index is 12.7. The number of carbonyl (C=O) groups excluding carboxylic acids is 1. The molecule has 4 heterocycles. The van der Waals surface area contributed by atoms with Crippen LogP contribution in [0.1, 0.15) is 35.8 Å². The van der Waals surface area contributed by atoms with Gasteiger partial charge in [-0.1, -0.05) is 5.21 Å². The van der Waals surface area contributed by atoms with Gasteiger partial charge >= 0.3 is 0 Å². The minimum Gasteiger partial charge on any atom is -0.378 e. The second kappa shape index (κ2) is 5.15. The Balaban J connectivity index is 1.47. The zero-order valence-electron chi connectivity index (χ0n) is 12.0. The lowest BCUT2D eigenvalue weighted by Gasteiger charge is -2.36. The van der Waals surface area contributed by atoms with Gasteiger partial charge in [-0.15, -0.1) is 5.10 Å². The number of hydrogen-bond donors (Lipinski definition) is 1. The van der Waals surface area contributed by atoms with Gasteiger partial charge in [-0.25, -0.2) is 4.68 Å². The van der Waals surface area contributed by atoms with E-state index in [1.165, 1.54) is 0 Å². The Bertz CT molecular complexity index is 534. The maximum atomic E-state index is 12.7. The van der Waals surface area contributed by atoms with Crippen LogP contribution < -0.4 is 5.32 Å². The summed E-state index contributed by atoms with van der Waals surface area (Å²) in [7, 11) is 0. The maximum Gasteiger partial charge on any atom is 0.187 e. The Kier molecular flexibility index (Phi) is 3.28. The van der Waals surface area contributed by atoms with Gasteiger partial charge in [0.1, 0.15) is 5.69 Å². The first-order valence-electron chi connectivity index (χ1n) is 7.64. The lowest BCUT2D eigenvalue weighted by Crippen LogP contribution is -2.43. The quantitative estimate of drug-likeness (QED) is 0.801. The molecule has 1 spiro atoms. The Hall–Kier alpha value is -1.31. The van der Waals surface area contributed by atoms with Gasteiger partial charge in [0.05, 0.1) is 24.4 Å². The molecule has 2 atom stereocenters. The molecule has 1 aromatic heterocycles. The highest BCUT2D eigenvalue weighted by Gasteiger charge is 2.43. The van der Waals surface area contributed by atoms with Crippen LogP contribution in [-0.4, -0.2) is 59.3 Å². The molecule has 0 radical (unpaired) electrons. The van der Waals surface area contributed by atoms with Crippen molar-refractivity contribution in [1.82, 2.24) is 20.3 Å². The predicted molar refractivity (Wildman–Crippen MR) is 73.1 cm³/mol. The number of aromatic nitrogens is 3. The number of nitrogens with one attached hydrogen (secondary N) is 1. The van der Waals surface area contributed by atoms with E-state index in [0.717, 1.165) is 39.0 Å². The van der Waals surface area contributed by atoms with Gasteiger partial charge in [0.2, 0.25) is 0 Å². The zero-order chi connectivity index (χ0) is 14.3. The summed E-state index contributed by atoms with van der Waals surface area (Å²) >= 11 is 0. The number of ketones is 1. The van der Waals surface area contributed by atoms with Crippen molar-refractivity contribution < 1.29 is 14.3 Å². The minimum absolute atomic E-state index is 0.0230. The average molecular weight is 292 g/mol. The first-order valence-corrected chi connectivity index (χ1v) is 7.64. The molecule has 7 nitrogen and oxygen atoms in total. The van der Waals surface area contributed by atoms with Crippen molar-refractivity contribution in [3.05, 3.63) is 11.9 Å². The van der Waals surface area contributed by atoms with Crippen molar-refractivity contribution in [2.75, 3.05) is 32.9 Å². The van der Waals surface area contributed by atoms with Gasteiger partial charge < -0.3 is 14.8 Å². The van der Waals surface area contributed by atoms with Gasteiger partial charge in [0.25, 0.3) is 0 Å². The average Bonchev–Trinajstić information content (AvgIpc) is 3.07. The summed E-state index contributed by atoms with van der Waals surface area (Å²) < 4.78 is 13.1. The fourth-order valence-corrected chi connectivity index (χ4v) is 3.35. The van der Waals surface area contributed by atoms with Crippen molar-refractivity contribution in [2.24, 2.45) is 5.92 Å². The van der Waals surface area contributed by atoms with Crippen molar-refractivity contribution in [2.45, 2.75) is 30.9 Å². The van der Waals surface area contributed by atoms with E-state index in [9.17, 15) is 4.79 Å². The van der Waals surface area contributed by atoms with Gasteiger partial charge in [-0.2, -0.15) is 0 Å². The second-order valence-electron chi connectivity index (χ2n) is 6.28. The minimum atomic E-state index is -0.244. The number of hydrogen-bond acceptors (Lipinski definition) is 6. The van der Waals surface area contributed by atoms with Crippen molar-refractivity contribution in [1.29, 1.82) is 0 Å². The Morgan fingerprint density at radius 3 is 3.05 bits per heavy atom. The zero-order valence-corrected chi connectivity index (χ0v) is 12.0. The molecule has 114 valence electrons. The monoisotopic (exact) mass is 292 g/mol. The van der Waals surface area contributed by atoms with Gasteiger partial charge in [0.15, 0.2) is 5.78 Å². The lowest BCUT2D eigenvalue weighted by atomic mass is 9.82. The smallest absolute Gasteiger partial charge is 0.187 e. The van der Waals surface area contributed by atoms with E-state index < -0.39 is 0 Å². The molecule has 21 heavy (non-hydrogen) atoms. The molecule has 1 N–H and O–H groups in total. The lowest BCUT2D eigenvalue weighted by molar-refractivity contribution is -0.0921. The molecule has 0 saturated carbocycles. The van der Waals surface area contributed by atoms with Gasteiger partial charge in [-0.3, -0.25) is 4.79 Å². The van der Waals surface area contributed by atoms with Crippen LogP contribution in [0.5, 0.6) is 0 Å². The Morgan fingerprint density at radius 2 is 2.33 bits per heavy atom. The number of ether oxygens (including phenoxy) is 2. The molecule has 0 bridgehead atoms. The third-order valence-corrected chi connectivity index (χ3v) is 4.83. The highest BCUT2D eigenvalue weighted by molar-refractivity contribution is 5.95. The summed E-state index contributed by atoms with van der Waals surface area (Å²) in [4.78, 5) is 12.7. The third-order valence-electron chi connectivity index (χ3n) is 4.83. The van der Waals surface area contributed by atoms with Crippen molar-refractivity contribution in [3.63, 3.8) is 0 Å². The van der Waals surface area contributed by atoms with Crippen LogP contribution in [0, 0.1) is 5.92 Å². The number of rotatable bonds is 3. The second-order valence-corrected chi connectivity index (χ2v) is 6.28. The van der Waals surface area contributed by atoms with E-state index in [2.05, 4.69) is 15.6 Å². The normalized spacial score (nSPS) is 33.2. The number of Topliss-reactive ketones (excluding diaryl/α,β-unsaturated/α-hetero) is 1. The van der Waals surface area contributed by atoms with Crippen LogP contribution in [-0.2, 0) is 9.47 Å². The molecule has 7 heteroatoms. The summed E-state index contributed by atoms with van der Waals surface area (Å²) in [6, 6.07) is 0.336. The first kappa shape index (κ1) is 13.4. The Morgan fingerprint density at radius 1 is 1.43 bits per heavy atom. The summed E-state index contributed by atoms with van der Waals surface area (Å²) in [5.41, 5.74) is 0.245. The van der Waals surface area contributed by atoms with Gasteiger partial charge in [0, 0.05) is 38.6 Å². The van der Waals surface area contributed by atoms with Gasteiger partial charge in [-0.05, 0) is 12.8 Å². The highest BCUT2D eigenvalue weighted by atomic mass is 16.6. The Labute approximate surface area is 123 Å². The summed E-state index contributed by atoms with van der Waals surface area (Å²) in [5.74, 6) is 0.0771. The van der Waals surface area contributed by atoms with E-state index in [0.29, 0.717) is 24.9 Å². The van der Waals surface area contributed by atoms with E-state index in [1.807, 2.05) is 0 Å². The fraction of sp³-hybridized carbons (Fsp3) is 0.786. The largest absolute Gasteiger partial charge is 0.378 e. The molecule has 0 aromatic carbocycles. The van der Waals surface area contributed by atoms with Crippen molar-refractivity contribution >= 4 is 5.78 Å². The van der Waals surface area contributed by atoms with E-state index >= 15 is 0 Å². The molecule has 1 aromatic rings. The standard InChI is InChI=1S/C14H20N4O3/c19-13(12-8-18(17-16-12)11-6-15-7-11)10-1-3-21-14(5-10)2-4-20-9-14/h8,10-11,15H,1-7,9H2. The molecule has 4 rings (SSSR count). The predicted octanol–water partition coefficient (Wildman–Crippen LogP) is 0.191. The number of carbonyl (C=O) groups is 1. The van der Waals surface area contributed by atoms with Crippen LogP contribution >= 0.6 is 0 Å². The van der Waals surface area contributed by atoms with E-state index in [-0.39, 0.29) is 17.3 Å².